The molecule has 1 aromatic rings. The van der Waals surface area contributed by atoms with E-state index in [2.05, 4.69) is 15.9 Å². The molecule has 5 nitrogen and oxygen atoms in total. The summed E-state index contributed by atoms with van der Waals surface area (Å²) in [4.78, 5) is 22.6. The van der Waals surface area contributed by atoms with Crippen LogP contribution in [0, 0.1) is 0 Å². The smallest absolute Gasteiger partial charge is 0.303 e. The molecule has 1 aromatic carbocycles. The molecular formula is C14H15BrO5. The van der Waals surface area contributed by atoms with Crippen LogP contribution in [0.2, 0.25) is 0 Å². The highest BCUT2D eigenvalue weighted by molar-refractivity contribution is 9.10. The molecule has 1 heterocycles. The summed E-state index contributed by atoms with van der Waals surface area (Å²) >= 11 is 3.35. The lowest BCUT2D eigenvalue weighted by Crippen LogP contribution is -2.04. The van der Waals surface area contributed by atoms with Crippen molar-refractivity contribution in [1.29, 1.82) is 0 Å². The number of hydrogen-bond acceptors (Lipinski definition) is 4. The number of ketones is 1. The van der Waals surface area contributed by atoms with E-state index in [1.54, 1.807) is 12.1 Å². The molecule has 1 aliphatic heterocycles. The van der Waals surface area contributed by atoms with Crippen LogP contribution in [0.5, 0.6) is 11.5 Å². The summed E-state index contributed by atoms with van der Waals surface area (Å²) in [6.45, 7) is 1.15. The highest BCUT2D eigenvalue weighted by Crippen LogP contribution is 2.35. The first-order valence-electron chi connectivity index (χ1n) is 6.42. The van der Waals surface area contributed by atoms with Crippen LogP contribution >= 0.6 is 15.9 Å². The largest absolute Gasteiger partial charge is 0.490 e. The van der Waals surface area contributed by atoms with Gasteiger partial charge in [-0.25, -0.2) is 0 Å². The fraction of sp³-hybridized carbons (Fsp3) is 0.429. The van der Waals surface area contributed by atoms with Gasteiger partial charge in [0, 0.05) is 29.3 Å². The van der Waals surface area contributed by atoms with Gasteiger partial charge in [0.2, 0.25) is 0 Å². The van der Waals surface area contributed by atoms with Gasteiger partial charge >= 0.3 is 5.97 Å². The number of carboxylic acids is 1. The number of carbonyl (C=O) groups excluding carboxylic acids is 1. The van der Waals surface area contributed by atoms with Crippen molar-refractivity contribution < 1.29 is 24.2 Å². The average Bonchev–Trinajstić information content (AvgIpc) is 2.61. The predicted octanol–water partition coefficient (Wildman–Crippen LogP) is 3.05. The summed E-state index contributed by atoms with van der Waals surface area (Å²) in [6.07, 6.45) is 1.32. The highest BCUT2D eigenvalue weighted by Gasteiger charge is 2.18. The number of carboxylic acid groups (broad SMARTS) is 1. The van der Waals surface area contributed by atoms with Gasteiger partial charge in [-0.2, -0.15) is 0 Å². The monoisotopic (exact) mass is 342 g/mol. The van der Waals surface area contributed by atoms with E-state index in [-0.39, 0.29) is 18.6 Å². The van der Waals surface area contributed by atoms with E-state index in [4.69, 9.17) is 14.6 Å². The Kier molecular flexibility index (Phi) is 5.00. The SMILES string of the molecule is O=C(O)CCCC(=O)c1cc2c(cc1Br)OCCCO2. The normalized spacial score (nSPS) is 13.7. The molecule has 0 saturated carbocycles. The molecule has 0 aromatic heterocycles. The molecule has 1 N–H and O–H groups in total. The second kappa shape index (κ2) is 6.74. The first-order valence-corrected chi connectivity index (χ1v) is 7.21. The number of rotatable bonds is 5. The molecule has 0 saturated heterocycles. The predicted molar refractivity (Wildman–Crippen MR) is 75.6 cm³/mol. The van der Waals surface area contributed by atoms with Gasteiger partial charge in [0.1, 0.15) is 0 Å². The molecule has 0 bridgehead atoms. The Morgan fingerprint density at radius 1 is 1.15 bits per heavy atom. The van der Waals surface area contributed by atoms with Crippen LogP contribution in [0.15, 0.2) is 16.6 Å². The Labute approximate surface area is 125 Å². The standard InChI is InChI=1S/C14H15BrO5/c15-10-8-13-12(19-5-2-6-20-13)7-9(10)11(16)3-1-4-14(17)18/h7-8H,1-6H2,(H,17,18). The van der Waals surface area contributed by atoms with Crippen LogP contribution in [0.1, 0.15) is 36.0 Å². The maximum Gasteiger partial charge on any atom is 0.303 e. The van der Waals surface area contributed by atoms with Crippen LogP contribution in [0.25, 0.3) is 0 Å². The van der Waals surface area contributed by atoms with Crippen LogP contribution in [-0.2, 0) is 4.79 Å². The van der Waals surface area contributed by atoms with Crippen LogP contribution in [0.4, 0.5) is 0 Å². The number of carbonyl (C=O) groups is 2. The summed E-state index contributed by atoms with van der Waals surface area (Å²) in [6, 6.07) is 3.39. The zero-order chi connectivity index (χ0) is 14.5. The Morgan fingerprint density at radius 2 is 1.80 bits per heavy atom. The second-order valence-corrected chi connectivity index (χ2v) is 5.35. The summed E-state index contributed by atoms with van der Waals surface area (Å²) in [5.41, 5.74) is 0.500. The van der Waals surface area contributed by atoms with Crippen LogP contribution in [-0.4, -0.2) is 30.1 Å². The van der Waals surface area contributed by atoms with Crippen molar-refractivity contribution in [3.05, 3.63) is 22.2 Å². The van der Waals surface area contributed by atoms with E-state index >= 15 is 0 Å². The number of hydrogen-bond donors (Lipinski definition) is 1. The summed E-state index contributed by atoms with van der Waals surface area (Å²) in [7, 11) is 0. The van der Waals surface area contributed by atoms with E-state index in [1.165, 1.54) is 0 Å². The third-order valence-electron chi connectivity index (χ3n) is 2.93. The first kappa shape index (κ1) is 14.8. The van der Waals surface area contributed by atoms with Gasteiger partial charge in [-0.15, -0.1) is 0 Å². The highest BCUT2D eigenvalue weighted by atomic mass is 79.9. The molecule has 0 unspecified atom stereocenters. The Morgan fingerprint density at radius 3 is 2.45 bits per heavy atom. The molecule has 0 fully saturated rings. The van der Waals surface area contributed by atoms with Gasteiger partial charge in [0.15, 0.2) is 17.3 Å². The lowest BCUT2D eigenvalue weighted by atomic mass is 10.0. The fourth-order valence-corrected chi connectivity index (χ4v) is 2.48. The molecule has 0 atom stereocenters. The maximum absolute atomic E-state index is 12.1. The van der Waals surface area contributed by atoms with Crippen molar-refractivity contribution >= 4 is 27.7 Å². The van der Waals surface area contributed by atoms with Gasteiger partial charge in [0.05, 0.1) is 13.2 Å². The molecule has 0 radical (unpaired) electrons. The van der Waals surface area contributed by atoms with E-state index in [9.17, 15) is 9.59 Å². The van der Waals surface area contributed by atoms with Crippen molar-refractivity contribution in [2.75, 3.05) is 13.2 Å². The fourth-order valence-electron chi connectivity index (χ4n) is 1.93. The van der Waals surface area contributed by atoms with Gasteiger partial charge < -0.3 is 14.6 Å². The summed E-state index contributed by atoms with van der Waals surface area (Å²) in [5.74, 6) is 0.188. The number of fused-ring (bicyclic) bond motifs is 1. The number of ether oxygens (including phenoxy) is 2. The minimum atomic E-state index is -0.893. The first-order chi connectivity index (χ1) is 9.58. The minimum Gasteiger partial charge on any atom is -0.490 e. The zero-order valence-corrected chi connectivity index (χ0v) is 12.4. The molecule has 108 valence electrons. The number of aliphatic carboxylic acids is 1. The molecule has 0 aliphatic carbocycles. The van der Waals surface area contributed by atoms with Crippen molar-refractivity contribution in [2.24, 2.45) is 0 Å². The van der Waals surface area contributed by atoms with Crippen LogP contribution < -0.4 is 9.47 Å². The topological polar surface area (TPSA) is 72.8 Å². The second-order valence-electron chi connectivity index (χ2n) is 4.50. The number of benzene rings is 1. The van der Waals surface area contributed by atoms with Crippen molar-refractivity contribution in [3.63, 3.8) is 0 Å². The van der Waals surface area contributed by atoms with Crippen molar-refractivity contribution in [2.45, 2.75) is 25.7 Å². The van der Waals surface area contributed by atoms with E-state index in [0.717, 1.165) is 6.42 Å². The molecule has 2 rings (SSSR count). The third-order valence-corrected chi connectivity index (χ3v) is 3.59. The summed E-state index contributed by atoms with van der Waals surface area (Å²) in [5, 5.41) is 8.58. The van der Waals surface area contributed by atoms with Gasteiger partial charge in [-0.1, -0.05) is 0 Å². The van der Waals surface area contributed by atoms with Gasteiger partial charge in [-0.05, 0) is 34.5 Å². The number of halogens is 1. The quantitative estimate of drug-likeness (QED) is 0.832. The Bertz CT molecular complexity index is 527. The van der Waals surface area contributed by atoms with E-state index in [1.807, 2.05) is 0 Å². The van der Waals surface area contributed by atoms with E-state index < -0.39 is 5.97 Å². The Hall–Kier alpha value is -1.56. The summed E-state index contributed by atoms with van der Waals surface area (Å²) < 4.78 is 11.7. The lowest BCUT2D eigenvalue weighted by Gasteiger charge is -2.11. The zero-order valence-electron chi connectivity index (χ0n) is 10.9. The van der Waals surface area contributed by atoms with Crippen molar-refractivity contribution in [1.82, 2.24) is 0 Å². The van der Waals surface area contributed by atoms with Crippen molar-refractivity contribution in [3.8, 4) is 11.5 Å². The van der Waals surface area contributed by atoms with Crippen LogP contribution in [0.3, 0.4) is 0 Å². The minimum absolute atomic E-state index is 0.00604. The maximum atomic E-state index is 12.1. The molecule has 0 amide bonds. The molecular weight excluding hydrogens is 328 g/mol. The molecule has 20 heavy (non-hydrogen) atoms. The lowest BCUT2D eigenvalue weighted by molar-refractivity contribution is -0.137. The third kappa shape index (κ3) is 3.72. The number of Topliss-reactive ketones (excluding diaryl/α,β-unsaturated/α-hetero) is 1. The molecule has 1 aliphatic rings. The molecule has 0 spiro atoms. The average molecular weight is 343 g/mol. The van der Waals surface area contributed by atoms with Gasteiger partial charge in [-0.3, -0.25) is 9.59 Å². The van der Waals surface area contributed by atoms with E-state index in [0.29, 0.717) is 41.2 Å². The Balaban J connectivity index is 2.13. The molecule has 6 heteroatoms. The van der Waals surface area contributed by atoms with Gasteiger partial charge in [0.25, 0.3) is 0 Å².